The van der Waals surface area contributed by atoms with Crippen LogP contribution in [0.2, 0.25) is 0 Å². The Morgan fingerprint density at radius 3 is 2.84 bits per heavy atom. The molecule has 2 rings (SSSR count). The van der Waals surface area contributed by atoms with Crippen LogP contribution in [-0.4, -0.2) is 24.9 Å². The van der Waals surface area contributed by atoms with Crippen molar-refractivity contribution in [1.29, 1.82) is 0 Å². The second kappa shape index (κ2) is 5.98. The number of nitrogens with zero attached hydrogens (tertiary/aromatic N) is 1. The lowest BCUT2D eigenvalue weighted by atomic mass is 9.81. The minimum Gasteiger partial charge on any atom is -0.271 e. The van der Waals surface area contributed by atoms with Gasteiger partial charge in [0.05, 0.1) is 11.3 Å². The molecular formula is C13H21N3O2S. The molecule has 3 unspecified atom stereocenters. The zero-order valence-corrected chi connectivity index (χ0v) is 11.9. The van der Waals surface area contributed by atoms with Crippen molar-refractivity contribution < 1.29 is 8.42 Å². The normalized spacial score (nSPS) is 26.0. The lowest BCUT2D eigenvalue weighted by Crippen LogP contribution is -2.38. The largest absolute Gasteiger partial charge is 0.271 e. The first-order valence-corrected chi connectivity index (χ1v) is 8.52. The second-order valence-corrected chi connectivity index (χ2v) is 7.63. The number of nitrogens with two attached hydrogens (primary N) is 1. The van der Waals surface area contributed by atoms with Crippen LogP contribution in [0.5, 0.6) is 0 Å². The van der Waals surface area contributed by atoms with Crippen LogP contribution in [0.3, 0.4) is 0 Å². The molecule has 0 saturated heterocycles. The highest BCUT2D eigenvalue weighted by molar-refractivity contribution is 7.91. The summed E-state index contributed by atoms with van der Waals surface area (Å²) in [5, 5.41) is -0.237. The van der Waals surface area contributed by atoms with E-state index in [-0.39, 0.29) is 17.2 Å². The summed E-state index contributed by atoms with van der Waals surface area (Å²) in [6, 6.07) is 3.82. The Morgan fingerprint density at radius 2 is 2.26 bits per heavy atom. The molecule has 1 fully saturated rings. The lowest BCUT2D eigenvalue weighted by Gasteiger charge is -2.33. The van der Waals surface area contributed by atoms with Crippen LogP contribution in [0.15, 0.2) is 24.5 Å². The van der Waals surface area contributed by atoms with E-state index >= 15 is 0 Å². The van der Waals surface area contributed by atoms with Gasteiger partial charge in [0.1, 0.15) is 9.84 Å². The fourth-order valence-corrected chi connectivity index (χ4v) is 4.13. The summed E-state index contributed by atoms with van der Waals surface area (Å²) in [6.07, 6.45) is 8.19. The summed E-state index contributed by atoms with van der Waals surface area (Å²) >= 11 is 0. The molecule has 0 radical (unpaired) electrons. The molecule has 106 valence electrons. The molecule has 1 aromatic rings. The number of rotatable bonds is 4. The molecule has 3 N–H and O–H groups in total. The number of hydrazine groups is 1. The molecular weight excluding hydrogens is 262 g/mol. The number of aromatic nitrogens is 1. The second-order valence-electron chi connectivity index (χ2n) is 5.31. The Kier molecular flexibility index (Phi) is 4.54. The van der Waals surface area contributed by atoms with Crippen LogP contribution in [-0.2, 0) is 9.84 Å². The average molecular weight is 283 g/mol. The minimum atomic E-state index is -2.97. The van der Waals surface area contributed by atoms with Crippen molar-refractivity contribution in [2.24, 2.45) is 11.8 Å². The smallest absolute Gasteiger partial charge is 0.150 e. The van der Waals surface area contributed by atoms with Gasteiger partial charge in [-0.25, -0.2) is 8.42 Å². The van der Waals surface area contributed by atoms with Crippen LogP contribution in [0.25, 0.3) is 0 Å². The molecule has 1 aliphatic carbocycles. The summed E-state index contributed by atoms with van der Waals surface area (Å²) in [5.41, 5.74) is 3.84. The topological polar surface area (TPSA) is 85.1 Å². The molecule has 19 heavy (non-hydrogen) atoms. The molecule has 0 aliphatic heterocycles. The van der Waals surface area contributed by atoms with Crippen molar-refractivity contribution in [1.82, 2.24) is 10.4 Å². The predicted octanol–water partition coefficient (Wildman–Crippen LogP) is 1.19. The summed E-state index contributed by atoms with van der Waals surface area (Å²) in [4.78, 5) is 4.10. The monoisotopic (exact) mass is 283 g/mol. The predicted molar refractivity (Wildman–Crippen MR) is 74.9 cm³/mol. The third-order valence-electron chi connectivity index (χ3n) is 3.97. The van der Waals surface area contributed by atoms with E-state index in [0.717, 1.165) is 24.8 Å². The molecule has 1 saturated carbocycles. The molecule has 1 aromatic heterocycles. The van der Waals surface area contributed by atoms with Gasteiger partial charge in [-0.15, -0.1) is 0 Å². The maximum absolute atomic E-state index is 11.7. The molecule has 1 heterocycles. The molecule has 0 bridgehead atoms. The highest BCUT2D eigenvalue weighted by Crippen LogP contribution is 2.36. The van der Waals surface area contributed by atoms with E-state index < -0.39 is 9.84 Å². The Hall–Kier alpha value is -0.980. The van der Waals surface area contributed by atoms with Gasteiger partial charge in [0.15, 0.2) is 0 Å². The number of sulfone groups is 1. The van der Waals surface area contributed by atoms with Crippen molar-refractivity contribution in [2.45, 2.75) is 37.0 Å². The first-order chi connectivity index (χ1) is 9.02. The Labute approximate surface area is 114 Å². The quantitative estimate of drug-likeness (QED) is 0.640. The van der Waals surface area contributed by atoms with Gasteiger partial charge < -0.3 is 0 Å². The van der Waals surface area contributed by atoms with E-state index in [1.165, 1.54) is 6.26 Å². The molecule has 6 heteroatoms. The number of pyridine rings is 1. The van der Waals surface area contributed by atoms with Gasteiger partial charge >= 0.3 is 0 Å². The SMILES string of the molecule is CS(=O)(=O)C1CCCC(C(NN)c2cccnc2)C1. The van der Waals surface area contributed by atoms with Gasteiger partial charge in [-0.3, -0.25) is 16.3 Å². The summed E-state index contributed by atoms with van der Waals surface area (Å²) in [5.74, 6) is 5.90. The van der Waals surface area contributed by atoms with Gasteiger partial charge in [-0.2, -0.15) is 0 Å². The first kappa shape index (κ1) is 14.4. The van der Waals surface area contributed by atoms with E-state index in [1.54, 1.807) is 12.4 Å². The van der Waals surface area contributed by atoms with Gasteiger partial charge in [0.25, 0.3) is 0 Å². The van der Waals surface area contributed by atoms with Crippen molar-refractivity contribution in [3.05, 3.63) is 30.1 Å². The third kappa shape index (κ3) is 3.52. The summed E-state index contributed by atoms with van der Waals surface area (Å²) in [6.45, 7) is 0. The molecule has 3 atom stereocenters. The zero-order chi connectivity index (χ0) is 13.9. The summed E-state index contributed by atoms with van der Waals surface area (Å²) in [7, 11) is -2.97. The third-order valence-corrected chi connectivity index (χ3v) is 5.61. The van der Waals surface area contributed by atoms with E-state index in [4.69, 9.17) is 5.84 Å². The maximum Gasteiger partial charge on any atom is 0.150 e. The highest BCUT2D eigenvalue weighted by atomic mass is 32.2. The Balaban J connectivity index is 2.15. The van der Waals surface area contributed by atoms with Gasteiger partial charge in [0.2, 0.25) is 0 Å². The minimum absolute atomic E-state index is 0.0294. The number of hydrogen-bond donors (Lipinski definition) is 2. The van der Waals surface area contributed by atoms with Crippen molar-refractivity contribution in [3.63, 3.8) is 0 Å². The van der Waals surface area contributed by atoms with E-state index in [2.05, 4.69) is 10.4 Å². The van der Waals surface area contributed by atoms with E-state index in [9.17, 15) is 8.42 Å². The first-order valence-electron chi connectivity index (χ1n) is 6.57. The van der Waals surface area contributed by atoms with Crippen LogP contribution >= 0.6 is 0 Å². The average Bonchev–Trinajstić information content (AvgIpc) is 2.40. The standard InChI is InChI=1S/C13H21N3O2S/c1-19(17,18)12-6-2-4-10(8-12)13(16-14)11-5-3-7-15-9-11/h3,5,7,9-10,12-13,16H,2,4,6,8,14H2,1H3. The summed E-state index contributed by atoms with van der Waals surface area (Å²) < 4.78 is 23.4. The van der Waals surface area contributed by atoms with Crippen molar-refractivity contribution >= 4 is 9.84 Å². The van der Waals surface area contributed by atoms with Crippen LogP contribution in [0.4, 0.5) is 0 Å². The van der Waals surface area contributed by atoms with Crippen molar-refractivity contribution in [2.75, 3.05) is 6.26 Å². The zero-order valence-electron chi connectivity index (χ0n) is 11.1. The fraction of sp³-hybridized carbons (Fsp3) is 0.615. The van der Waals surface area contributed by atoms with Crippen LogP contribution < -0.4 is 11.3 Å². The van der Waals surface area contributed by atoms with E-state index in [0.29, 0.717) is 6.42 Å². The molecule has 0 aromatic carbocycles. The van der Waals surface area contributed by atoms with E-state index in [1.807, 2.05) is 12.1 Å². The fourth-order valence-electron chi connectivity index (χ4n) is 2.94. The number of nitrogens with one attached hydrogen (secondary N) is 1. The Morgan fingerprint density at radius 1 is 1.47 bits per heavy atom. The van der Waals surface area contributed by atoms with Gasteiger partial charge in [-0.05, 0) is 36.8 Å². The van der Waals surface area contributed by atoms with Gasteiger partial charge in [-0.1, -0.05) is 12.5 Å². The lowest BCUT2D eigenvalue weighted by molar-refractivity contribution is 0.274. The number of hydrogen-bond acceptors (Lipinski definition) is 5. The van der Waals surface area contributed by atoms with Crippen molar-refractivity contribution in [3.8, 4) is 0 Å². The van der Waals surface area contributed by atoms with Crippen LogP contribution in [0, 0.1) is 5.92 Å². The molecule has 0 spiro atoms. The Bertz CT molecular complexity index is 504. The molecule has 0 amide bonds. The maximum atomic E-state index is 11.7. The molecule has 1 aliphatic rings. The van der Waals surface area contributed by atoms with Gasteiger partial charge in [0, 0.05) is 18.6 Å². The van der Waals surface area contributed by atoms with Crippen LogP contribution in [0.1, 0.15) is 37.3 Å². The highest BCUT2D eigenvalue weighted by Gasteiger charge is 2.33. The molecule has 5 nitrogen and oxygen atoms in total.